The fourth-order valence-corrected chi connectivity index (χ4v) is 0.930. The summed E-state index contributed by atoms with van der Waals surface area (Å²) in [7, 11) is 0. The Morgan fingerprint density at radius 3 is 3.00 bits per heavy atom. The largest absolute Gasteiger partial charge is 0.346 e. The van der Waals surface area contributed by atoms with E-state index in [4.69, 9.17) is 0 Å². The molecule has 2 nitrogen and oxygen atoms in total. The predicted molar refractivity (Wildman–Crippen MR) is 48.6 cm³/mol. The molecule has 1 aliphatic heterocycles. The highest BCUT2D eigenvalue weighted by Gasteiger charge is 2.02. The first-order chi connectivity index (χ1) is 5.33. The van der Waals surface area contributed by atoms with Crippen molar-refractivity contribution < 1.29 is 0 Å². The molecule has 1 aliphatic rings. The second kappa shape index (κ2) is 3.96. The first-order valence-corrected chi connectivity index (χ1v) is 3.96. The minimum atomic E-state index is 0.805. The Morgan fingerprint density at radius 1 is 1.64 bits per heavy atom. The van der Waals surface area contributed by atoms with Crippen LogP contribution in [0.2, 0.25) is 0 Å². The van der Waals surface area contributed by atoms with E-state index in [2.05, 4.69) is 35.5 Å². The first-order valence-electron chi connectivity index (χ1n) is 3.96. The van der Waals surface area contributed by atoms with E-state index >= 15 is 0 Å². The van der Waals surface area contributed by atoms with Gasteiger partial charge in [0.05, 0.1) is 12.4 Å². The van der Waals surface area contributed by atoms with Gasteiger partial charge in [-0.15, -0.1) is 0 Å². The molecule has 0 radical (unpaired) electrons. The Morgan fingerprint density at radius 2 is 2.45 bits per heavy atom. The lowest BCUT2D eigenvalue weighted by Gasteiger charge is -1.94. The zero-order chi connectivity index (χ0) is 8.10. The van der Waals surface area contributed by atoms with Gasteiger partial charge in [-0.2, -0.15) is 0 Å². The highest BCUT2D eigenvalue weighted by molar-refractivity contribution is 5.83. The molecule has 1 rings (SSSR count). The van der Waals surface area contributed by atoms with Crippen molar-refractivity contribution in [1.29, 1.82) is 0 Å². The summed E-state index contributed by atoms with van der Waals surface area (Å²) < 4.78 is 0. The molecule has 0 saturated heterocycles. The Balaban J connectivity index is 2.40. The summed E-state index contributed by atoms with van der Waals surface area (Å²) in [5.41, 5.74) is 1.19. The van der Waals surface area contributed by atoms with Crippen LogP contribution in [0, 0.1) is 0 Å². The third kappa shape index (κ3) is 2.58. The summed E-state index contributed by atoms with van der Waals surface area (Å²) in [6.45, 7) is 4.91. The minimum Gasteiger partial charge on any atom is -0.346 e. The second-order valence-electron chi connectivity index (χ2n) is 2.55. The Labute approximate surface area is 67.7 Å². The van der Waals surface area contributed by atoms with Crippen LogP contribution in [0.4, 0.5) is 0 Å². The zero-order valence-corrected chi connectivity index (χ0v) is 7.09. The van der Waals surface area contributed by atoms with Crippen molar-refractivity contribution >= 4 is 5.84 Å². The fraction of sp³-hybridized carbons (Fsp3) is 0.444. The van der Waals surface area contributed by atoms with Crippen molar-refractivity contribution in [2.24, 2.45) is 4.99 Å². The molecule has 0 aromatic heterocycles. The lowest BCUT2D eigenvalue weighted by atomic mass is 10.3. The van der Waals surface area contributed by atoms with Crippen LogP contribution in [0.25, 0.3) is 0 Å². The Kier molecular flexibility index (Phi) is 2.90. The Bertz CT molecular complexity index is 212. The summed E-state index contributed by atoms with van der Waals surface area (Å²) in [5.74, 6) is 1.01. The first kappa shape index (κ1) is 8.05. The van der Waals surface area contributed by atoms with E-state index in [0.29, 0.717) is 0 Å². The SMILES string of the molecule is CC/C=C\C=C1/CN=C(C)N1. The van der Waals surface area contributed by atoms with Gasteiger partial charge in [0.25, 0.3) is 0 Å². The monoisotopic (exact) mass is 150 g/mol. The van der Waals surface area contributed by atoms with E-state index in [9.17, 15) is 0 Å². The number of nitrogens with one attached hydrogen (secondary N) is 1. The van der Waals surface area contributed by atoms with Crippen LogP contribution in [-0.2, 0) is 0 Å². The quantitative estimate of drug-likeness (QED) is 0.638. The van der Waals surface area contributed by atoms with Gasteiger partial charge in [-0.05, 0) is 19.4 Å². The molecule has 0 unspecified atom stereocenters. The maximum absolute atomic E-state index is 4.20. The summed E-state index contributed by atoms with van der Waals surface area (Å²) in [4.78, 5) is 4.20. The van der Waals surface area contributed by atoms with E-state index in [1.54, 1.807) is 0 Å². The molecule has 0 aromatic rings. The molecule has 0 atom stereocenters. The molecule has 60 valence electrons. The minimum absolute atomic E-state index is 0.805. The standard InChI is InChI=1S/C9H14N2/c1-3-4-5-6-9-7-10-8(2)11-9/h4-6H,3,7H2,1-2H3,(H,10,11)/b5-4-,9-6+. The van der Waals surface area contributed by atoms with Gasteiger partial charge < -0.3 is 5.32 Å². The van der Waals surface area contributed by atoms with Gasteiger partial charge in [0, 0.05) is 5.70 Å². The van der Waals surface area contributed by atoms with Crippen molar-refractivity contribution in [1.82, 2.24) is 5.32 Å². The molecule has 0 saturated carbocycles. The maximum Gasteiger partial charge on any atom is 0.0978 e. The van der Waals surface area contributed by atoms with E-state index in [1.807, 2.05) is 6.92 Å². The van der Waals surface area contributed by atoms with Crippen LogP contribution in [0.15, 0.2) is 28.9 Å². The smallest absolute Gasteiger partial charge is 0.0978 e. The van der Waals surface area contributed by atoms with Gasteiger partial charge in [-0.25, -0.2) is 0 Å². The van der Waals surface area contributed by atoms with Gasteiger partial charge in [0.15, 0.2) is 0 Å². The summed E-state index contributed by atoms with van der Waals surface area (Å²) in [6, 6.07) is 0. The maximum atomic E-state index is 4.20. The van der Waals surface area contributed by atoms with E-state index in [1.165, 1.54) is 5.70 Å². The number of amidine groups is 1. The van der Waals surface area contributed by atoms with Crippen LogP contribution in [0.5, 0.6) is 0 Å². The third-order valence-corrected chi connectivity index (χ3v) is 1.50. The number of rotatable bonds is 2. The number of aliphatic imine (C=N–C) groups is 1. The fourth-order valence-electron chi connectivity index (χ4n) is 0.930. The molecule has 1 N–H and O–H groups in total. The molecular weight excluding hydrogens is 136 g/mol. The lowest BCUT2D eigenvalue weighted by molar-refractivity contribution is 1.11. The van der Waals surface area contributed by atoms with Crippen molar-refractivity contribution in [2.75, 3.05) is 6.54 Å². The van der Waals surface area contributed by atoms with E-state index in [0.717, 1.165) is 18.8 Å². The molecular formula is C9H14N2. The number of hydrogen-bond acceptors (Lipinski definition) is 2. The summed E-state index contributed by atoms with van der Waals surface area (Å²) in [6.07, 6.45) is 7.35. The number of hydrogen-bond donors (Lipinski definition) is 1. The molecule has 0 spiro atoms. The van der Waals surface area contributed by atoms with E-state index < -0.39 is 0 Å². The molecule has 11 heavy (non-hydrogen) atoms. The highest BCUT2D eigenvalue weighted by Crippen LogP contribution is 1.99. The molecule has 0 aliphatic carbocycles. The molecule has 2 heteroatoms. The average molecular weight is 150 g/mol. The molecule has 0 fully saturated rings. The predicted octanol–water partition coefficient (Wildman–Crippen LogP) is 1.86. The topological polar surface area (TPSA) is 24.4 Å². The number of allylic oxidation sites excluding steroid dienone is 3. The average Bonchev–Trinajstić information content (AvgIpc) is 2.37. The van der Waals surface area contributed by atoms with Crippen LogP contribution in [0.1, 0.15) is 20.3 Å². The Hall–Kier alpha value is -1.05. The third-order valence-electron chi connectivity index (χ3n) is 1.50. The summed E-state index contributed by atoms with van der Waals surface area (Å²) in [5, 5.41) is 3.17. The van der Waals surface area contributed by atoms with Gasteiger partial charge >= 0.3 is 0 Å². The van der Waals surface area contributed by atoms with Crippen molar-refractivity contribution in [3.8, 4) is 0 Å². The van der Waals surface area contributed by atoms with Crippen molar-refractivity contribution in [3.63, 3.8) is 0 Å². The lowest BCUT2D eigenvalue weighted by Crippen LogP contribution is -2.12. The van der Waals surface area contributed by atoms with Gasteiger partial charge in [0.1, 0.15) is 0 Å². The van der Waals surface area contributed by atoms with Crippen LogP contribution in [-0.4, -0.2) is 12.4 Å². The second-order valence-corrected chi connectivity index (χ2v) is 2.55. The van der Waals surface area contributed by atoms with Gasteiger partial charge in [-0.1, -0.05) is 19.1 Å². The molecule has 1 heterocycles. The summed E-state index contributed by atoms with van der Waals surface area (Å²) >= 11 is 0. The van der Waals surface area contributed by atoms with Crippen LogP contribution in [0.3, 0.4) is 0 Å². The van der Waals surface area contributed by atoms with Crippen LogP contribution < -0.4 is 5.32 Å². The van der Waals surface area contributed by atoms with Crippen molar-refractivity contribution in [2.45, 2.75) is 20.3 Å². The van der Waals surface area contributed by atoms with E-state index in [-0.39, 0.29) is 0 Å². The van der Waals surface area contributed by atoms with Gasteiger partial charge in [-0.3, -0.25) is 4.99 Å². The highest BCUT2D eigenvalue weighted by atomic mass is 15.1. The molecule has 0 aromatic carbocycles. The van der Waals surface area contributed by atoms with Gasteiger partial charge in [0.2, 0.25) is 0 Å². The number of nitrogens with zero attached hydrogens (tertiary/aromatic N) is 1. The molecule has 0 bridgehead atoms. The zero-order valence-electron chi connectivity index (χ0n) is 7.09. The molecule has 0 amide bonds. The van der Waals surface area contributed by atoms with Crippen LogP contribution >= 0.6 is 0 Å². The van der Waals surface area contributed by atoms with Crippen molar-refractivity contribution in [3.05, 3.63) is 23.9 Å². The normalized spacial score (nSPS) is 20.9.